The van der Waals surface area contributed by atoms with Gasteiger partial charge in [-0.05, 0) is 50.1 Å². The number of nitrogens with two attached hydrogens (primary N) is 1. The van der Waals surface area contributed by atoms with Crippen molar-refractivity contribution in [1.82, 2.24) is 0 Å². The van der Waals surface area contributed by atoms with Crippen molar-refractivity contribution in [2.24, 2.45) is 5.73 Å². The highest BCUT2D eigenvalue weighted by molar-refractivity contribution is 9.10. The van der Waals surface area contributed by atoms with Crippen LogP contribution in [0.15, 0.2) is 40.9 Å². The molecule has 3 heteroatoms. The molecule has 0 saturated carbocycles. The van der Waals surface area contributed by atoms with Gasteiger partial charge in [0, 0.05) is 28.9 Å². The maximum atomic E-state index is 6.10. The van der Waals surface area contributed by atoms with E-state index in [1.807, 2.05) is 13.0 Å². The molecule has 0 radical (unpaired) electrons. The molecular weight excluding hydrogens is 312 g/mol. The Morgan fingerprint density at radius 3 is 2.35 bits per heavy atom. The first-order valence-corrected chi connectivity index (χ1v) is 7.55. The van der Waals surface area contributed by atoms with Crippen LogP contribution in [-0.4, -0.2) is 7.05 Å². The molecule has 0 amide bonds. The summed E-state index contributed by atoms with van der Waals surface area (Å²) in [5.41, 5.74) is 12.1. The van der Waals surface area contributed by atoms with Crippen molar-refractivity contribution in [2.45, 2.75) is 26.8 Å². The topological polar surface area (TPSA) is 29.3 Å². The van der Waals surface area contributed by atoms with Crippen LogP contribution in [-0.2, 0) is 0 Å². The molecule has 1 atom stereocenters. The highest BCUT2D eigenvalue weighted by Crippen LogP contribution is 2.34. The summed E-state index contributed by atoms with van der Waals surface area (Å²) in [5, 5.41) is 0. The third-order valence-electron chi connectivity index (χ3n) is 3.56. The van der Waals surface area contributed by atoms with Gasteiger partial charge < -0.3 is 10.6 Å². The van der Waals surface area contributed by atoms with Crippen molar-refractivity contribution >= 4 is 27.3 Å². The number of aryl methyl sites for hydroxylation is 2. The summed E-state index contributed by atoms with van der Waals surface area (Å²) < 4.78 is 1.06. The lowest BCUT2D eigenvalue weighted by atomic mass is 10.0. The normalized spacial score (nSPS) is 12.3. The molecule has 2 nitrogen and oxygen atoms in total. The average Bonchev–Trinajstić information content (AvgIpc) is 2.37. The quantitative estimate of drug-likeness (QED) is 0.870. The molecule has 0 aromatic heterocycles. The lowest BCUT2D eigenvalue weighted by molar-refractivity contribution is 0.815. The Morgan fingerprint density at radius 1 is 1.05 bits per heavy atom. The van der Waals surface area contributed by atoms with Gasteiger partial charge >= 0.3 is 0 Å². The van der Waals surface area contributed by atoms with E-state index in [-0.39, 0.29) is 6.04 Å². The number of rotatable bonds is 3. The maximum Gasteiger partial charge on any atom is 0.0467 e. The maximum absolute atomic E-state index is 6.10. The fourth-order valence-electron chi connectivity index (χ4n) is 2.50. The van der Waals surface area contributed by atoms with Gasteiger partial charge in [0.2, 0.25) is 0 Å². The van der Waals surface area contributed by atoms with Crippen molar-refractivity contribution in [3.05, 3.63) is 57.6 Å². The Balaban J connectivity index is 2.52. The first-order chi connectivity index (χ1) is 9.40. The van der Waals surface area contributed by atoms with Gasteiger partial charge in [-0.1, -0.05) is 39.7 Å². The van der Waals surface area contributed by atoms with Crippen LogP contribution in [0.3, 0.4) is 0 Å². The number of nitrogens with zero attached hydrogens (tertiary/aromatic N) is 1. The van der Waals surface area contributed by atoms with E-state index in [9.17, 15) is 0 Å². The van der Waals surface area contributed by atoms with E-state index in [0.29, 0.717) is 0 Å². The summed E-state index contributed by atoms with van der Waals surface area (Å²) in [6, 6.07) is 12.8. The van der Waals surface area contributed by atoms with Gasteiger partial charge in [0.05, 0.1) is 0 Å². The number of benzene rings is 2. The molecule has 106 valence electrons. The zero-order valence-electron chi connectivity index (χ0n) is 12.4. The van der Waals surface area contributed by atoms with Crippen molar-refractivity contribution in [1.29, 1.82) is 0 Å². The van der Waals surface area contributed by atoms with Gasteiger partial charge in [0.25, 0.3) is 0 Å². The van der Waals surface area contributed by atoms with Crippen LogP contribution in [0.1, 0.15) is 29.7 Å². The minimum atomic E-state index is 0.00584. The molecule has 0 aliphatic heterocycles. The van der Waals surface area contributed by atoms with Crippen LogP contribution >= 0.6 is 15.9 Å². The van der Waals surface area contributed by atoms with E-state index >= 15 is 0 Å². The lowest BCUT2D eigenvalue weighted by Gasteiger charge is -2.26. The molecule has 0 saturated heterocycles. The summed E-state index contributed by atoms with van der Waals surface area (Å²) >= 11 is 3.55. The molecule has 1 unspecified atom stereocenters. The largest absolute Gasteiger partial charge is 0.344 e. The van der Waals surface area contributed by atoms with Crippen molar-refractivity contribution in [3.8, 4) is 0 Å². The van der Waals surface area contributed by atoms with Crippen LogP contribution in [0.2, 0.25) is 0 Å². The highest BCUT2D eigenvalue weighted by Gasteiger charge is 2.14. The molecule has 0 heterocycles. The average molecular weight is 333 g/mol. The van der Waals surface area contributed by atoms with E-state index in [1.165, 1.54) is 16.8 Å². The van der Waals surface area contributed by atoms with E-state index in [0.717, 1.165) is 15.7 Å². The highest BCUT2D eigenvalue weighted by atomic mass is 79.9. The Hall–Kier alpha value is -1.32. The van der Waals surface area contributed by atoms with Gasteiger partial charge in [-0.3, -0.25) is 0 Å². The standard InChI is InChI=1S/C17H21BrN2/c1-11-5-8-16(12(2)9-11)20(4)17-10-14(18)6-7-15(17)13(3)19/h5-10,13H,19H2,1-4H3. The third kappa shape index (κ3) is 3.05. The Morgan fingerprint density at radius 2 is 1.75 bits per heavy atom. The van der Waals surface area contributed by atoms with Gasteiger partial charge in [-0.2, -0.15) is 0 Å². The smallest absolute Gasteiger partial charge is 0.0467 e. The first-order valence-electron chi connectivity index (χ1n) is 6.76. The van der Waals surface area contributed by atoms with Crippen molar-refractivity contribution < 1.29 is 0 Å². The van der Waals surface area contributed by atoms with Gasteiger partial charge in [0.1, 0.15) is 0 Å². The lowest BCUT2D eigenvalue weighted by Crippen LogP contribution is -2.16. The van der Waals surface area contributed by atoms with Crippen LogP contribution in [0.5, 0.6) is 0 Å². The summed E-state index contributed by atoms with van der Waals surface area (Å²) in [5.74, 6) is 0. The molecule has 2 N–H and O–H groups in total. The van der Waals surface area contributed by atoms with Crippen LogP contribution < -0.4 is 10.6 Å². The van der Waals surface area contributed by atoms with Gasteiger partial charge in [-0.15, -0.1) is 0 Å². The van der Waals surface area contributed by atoms with E-state index in [2.05, 4.69) is 72.1 Å². The summed E-state index contributed by atoms with van der Waals surface area (Å²) in [7, 11) is 2.09. The first kappa shape index (κ1) is 15.1. The van der Waals surface area contributed by atoms with Crippen LogP contribution in [0.25, 0.3) is 0 Å². The number of hydrogen-bond acceptors (Lipinski definition) is 2. The molecule has 2 aromatic rings. The van der Waals surface area contributed by atoms with Crippen LogP contribution in [0, 0.1) is 13.8 Å². The Kier molecular flexibility index (Phi) is 4.51. The fraction of sp³-hybridized carbons (Fsp3) is 0.294. The number of anilines is 2. The van der Waals surface area contributed by atoms with Crippen molar-refractivity contribution in [2.75, 3.05) is 11.9 Å². The summed E-state index contributed by atoms with van der Waals surface area (Å²) in [4.78, 5) is 2.21. The monoisotopic (exact) mass is 332 g/mol. The predicted molar refractivity (Wildman–Crippen MR) is 90.7 cm³/mol. The number of hydrogen-bond donors (Lipinski definition) is 1. The van der Waals surface area contributed by atoms with Crippen LogP contribution in [0.4, 0.5) is 11.4 Å². The van der Waals surface area contributed by atoms with E-state index < -0.39 is 0 Å². The molecule has 20 heavy (non-hydrogen) atoms. The molecule has 0 aliphatic rings. The SMILES string of the molecule is Cc1ccc(N(C)c2cc(Br)ccc2C(C)N)c(C)c1. The van der Waals surface area contributed by atoms with E-state index in [4.69, 9.17) is 5.73 Å². The second kappa shape index (κ2) is 5.98. The molecule has 2 aromatic carbocycles. The zero-order valence-corrected chi connectivity index (χ0v) is 14.0. The summed E-state index contributed by atoms with van der Waals surface area (Å²) in [6.45, 7) is 6.27. The molecule has 0 aliphatic carbocycles. The van der Waals surface area contributed by atoms with E-state index in [1.54, 1.807) is 0 Å². The molecule has 0 spiro atoms. The zero-order chi connectivity index (χ0) is 14.9. The molecule has 0 fully saturated rings. The summed E-state index contributed by atoms with van der Waals surface area (Å²) in [6.07, 6.45) is 0. The fourth-order valence-corrected chi connectivity index (χ4v) is 2.85. The molecule has 0 bridgehead atoms. The molecule has 2 rings (SSSR count). The second-order valence-electron chi connectivity index (χ2n) is 5.34. The Bertz CT molecular complexity index is 620. The van der Waals surface area contributed by atoms with Crippen molar-refractivity contribution in [3.63, 3.8) is 0 Å². The predicted octanol–water partition coefficient (Wildman–Crippen LogP) is 4.85. The minimum Gasteiger partial charge on any atom is -0.344 e. The Labute approximate surface area is 129 Å². The molecular formula is C17H21BrN2. The van der Waals surface area contributed by atoms with Gasteiger partial charge in [0.15, 0.2) is 0 Å². The second-order valence-corrected chi connectivity index (χ2v) is 6.26. The third-order valence-corrected chi connectivity index (χ3v) is 4.05. The van der Waals surface area contributed by atoms with Gasteiger partial charge in [-0.25, -0.2) is 0 Å². The number of halogens is 1. The minimum absolute atomic E-state index is 0.00584.